The van der Waals surface area contributed by atoms with Crippen LogP contribution in [0.1, 0.15) is 52.9 Å². The molecule has 0 aromatic carbocycles. The maximum absolute atomic E-state index is 5.75. The van der Waals surface area contributed by atoms with E-state index in [0.717, 1.165) is 38.1 Å². The molecule has 114 valence electrons. The molecule has 1 fully saturated rings. The van der Waals surface area contributed by atoms with Gasteiger partial charge < -0.3 is 10.5 Å². The summed E-state index contributed by atoms with van der Waals surface area (Å²) in [5.41, 5.74) is 6.14. The van der Waals surface area contributed by atoms with E-state index in [2.05, 4.69) is 25.7 Å². The highest BCUT2D eigenvalue weighted by Crippen LogP contribution is 2.33. The summed E-state index contributed by atoms with van der Waals surface area (Å²) >= 11 is 0. The summed E-state index contributed by atoms with van der Waals surface area (Å²) in [4.78, 5) is 2.62. The molecule has 0 spiro atoms. The highest BCUT2D eigenvalue weighted by molar-refractivity contribution is 4.84. The van der Waals surface area contributed by atoms with Gasteiger partial charge in [-0.05, 0) is 56.5 Å². The summed E-state index contributed by atoms with van der Waals surface area (Å²) in [5, 5.41) is 0. The lowest BCUT2D eigenvalue weighted by atomic mass is 9.76. The van der Waals surface area contributed by atoms with Crippen molar-refractivity contribution in [3.8, 4) is 0 Å². The van der Waals surface area contributed by atoms with Crippen LogP contribution in [-0.2, 0) is 4.74 Å². The number of nitrogens with two attached hydrogens (primary N) is 1. The van der Waals surface area contributed by atoms with Crippen molar-refractivity contribution in [2.75, 3.05) is 33.4 Å². The summed E-state index contributed by atoms with van der Waals surface area (Å²) < 4.78 is 5.21. The Morgan fingerprint density at radius 1 is 1.21 bits per heavy atom. The van der Waals surface area contributed by atoms with Crippen molar-refractivity contribution in [1.29, 1.82) is 0 Å². The van der Waals surface area contributed by atoms with Gasteiger partial charge in [-0.1, -0.05) is 20.8 Å². The first-order chi connectivity index (χ1) is 8.99. The molecule has 3 heteroatoms. The van der Waals surface area contributed by atoms with Crippen LogP contribution < -0.4 is 5.73 Å². The Morgan fingerprint density at radius 3 is 2.37 bits per heavy atom. The Balaban J connectivity index is 2.28. The zero-order valence-corrected chi connectivity index (χ0v) is 13.5. The van der Waals surface area contributed by atoms with Gasteiger partial charge in [-0.25, -0.2) is 0 Å². The maximum atomic E-state index is 5.75. The largest absolute Gasteiger partial charge is 0.383 e. The molecule has 0 saturated heterocycles. The van der Waals surface area contributed by atoms with E-state index in [1.807, 2.05) is 0 Å². The predicted octanol–water partition coefficient (Wildman–Crippen LogP) is 2.89. The minimum absolute atomic E-state index is 0.385. The van der Waals surface area contributed by atoms with Gasteiger partial charge in [0.15, 0.2) is 0 Å². The van der Waals surface area contributed by atoms with Crippen LogP contribution in [0.2, 0.25) is 0 Å². The van der Waals surface area contributed by atoms with E-state index >= 15 is 0 Å². The molecule has 1 aliphatic rings. The Morgan fingerprint density at radius 2 is 1.89 bits per heavy atom. The monoisotopic (exact) mass is 270 g/mol. The predicted molar refractivity (Wildman–Crippen MR) is 82.3 cm³/mol. The van der Waals surface area contributed by atoms with Gasteiger partial charge in [-0.3, -0.25) is 4.90 Å². The average molecular weight is 270 g/mol. The Kier molecular flexibility index (Phi) is 7.33. The highest BCUT2D eigenvalue weighted by Gasteiger charge is 2.29. The molecule has 1 saturated carbocycles. The molecule has 19 heavy (non-hydrogen) atoms. The summed E-state index contributed by atoms with van der Waals surface area (Å²) in [6, 6.07) is 0.845. The van der Waals surface area contributed by atoms with Gasteiger partial charge in [0, 0.05) is 19.7 Å². The first-order valence-electron chi connectivity index (χ1n) is 7.92. The number of ether oxygens (including phenoxy) is 1. The number of hydrogen-bond acceptors (Lipinski definition) is 3. The molecule has 0 radical (unpaired) electrons. The van der Waals surface area contributed by atoms with Crippen LogP contribution in [0.25, 0.3) is 0 Å². The van der Waals surface area contributed by atoms with Crippen molar-refractivity contribution in [3.63, 3.8) is 0 Å². The van der Waals surface area contributed by atoms with Crippen molar-refractivity contribution < 1.29 is 4.74 Å². The second-order valence-electron chi connectivity index (χ2n) is 7.04. The van der Waals surface area contributed by atoms with Crippen molar-refractivity contribution in [2.24, 2.45) is 17.1 Å². The van der Waals surface area contributed by atoms with Crippen LogP contribution in [0.4, 0.5) is 0 Å². The molecule has 1 aliphatic carbocycles. The third-order valence-corrected chi connectivity index (χ3v) is 4.38. The minimum Gasteiger partial charge on any atom is -0.383 e. The zero-order valence-electron chi connectivity index (χ0n) is 13.5. The number of nitrogens with zero attached hydrogens (tertiary/aromatic N) is 1. The van der Waals surface area contributed by atoms with Crippen LogP contribution in [0.5, 0.6) is 0 Å². The molecule has 0 amide bonds. The maximum Gasteiger partial charge on any atom is 0.0589 e. The van der Waals surface area contributed by atoms with Crippen LogP contribution in [-0.4, -0.2) is 44.3 Å². The Labute approximate surface area is 119 Å². The Hall–Kier alpha value is -0.120. The Bertz CT molecular complexity index is 233. The van der Waals surface area contributed by atoms with E-state index in [-0.39, 0.29) is 0 Å². The quantitative estimate of drug-likeness (QED) is 0.663. The third kappa shape index (κ3) is 6.73. The van der Waals surface area contributed by atoms with E-state index in [1.54, 1.807) is 7.11 Å². The summed E-state index contributed by atoms with van der Waals surface area (Å²) in [5.74, 6) is 0.751. The zero-order chi connectivity index (χ0) is 14.3. The van der Waals surface area contributed by atoms with Gasteiger partial charge >= 0.3 is 0 Å². The highest BCUT2D eigenvalue weighted by atomic mass is 16.5. The van der Waals surface area contributed by atoms with Gasteiger partial charge in [0.05, 0.1) is 6.61 Å². The van der Waals surface area contributed by atoms with Crippen LogP contribution >= 0.6 is 0 Å². The van der Waals surface area contributed by atoms with Crippen molar-refractivity contribution in [3.05, 3.63) is 0 Å². The van der Waals surface area contributed by atoms with E-state index in [9.17, 15) is 0 Å². The van der Waals surface area contributed by atoms with Gasteiger partial charge in [0.2, 0.25) is 0 Å². The molecular formula is C16H34N2O. The first-order valence-corrected chi connectivity index (χ1v) is 7.92. The number of rotatable bonds is 10. The number of hydrogen-bond donors (Lipinski definition) is 1. The van der Waals surface area contributed by atoms with E-state index in [0.29, 0.717) is 5.41 Å². The molecule has 1 unspecified atom stereocenters. The summed E-state index contributed by atoms with van der Waals surface area (Å²) in [7, 11) is 1.79. The lowest BCUT2D eigenvalue weighted by Gasteiger charge is -2.31. The molecule has 0 aromatic rings. The van der Waals surface area contributed by atoms with Crippen molar-refractivity contribution >= 4 is 0 Å². The molecule has 0 heterocycles. The van der Waals surface area contributed by atoms with E-state index < -0.39 is 0 Å². The standard InChI is InChI=1S/C16H34N2O/c1-16(2,3)14(9-10-17)6-5-11-18(12-13-19-4)15-7-8-15/h14-15H,5-13,17H2,1-4H3. The van der Waals surface area contributed by atoms with Crippen LogP contribution in [0.15, 0.2) is 0 Å². The van der Waals surface area contributed by atoms with Crippen LogP contribution in [0, 0.1) is 11.3 Å². The second kappa shape index (κ2) is 8.23. The van der Waals surface area contributed by atoms with Crippen LogP contribution in [0.3, 0.4) is 0 Å². The third-order valence-electron chi connectivity index (χ3n) is 4.38. The van der Waals surface area contributed by atoms with Gasteiger partial charge in [-0.15, -0.1) is 0 Å². The van der Waals surface area contributed by atoms with Gasteiger partial charge in [-0.2, -0.15) is 0 Å². The fraction of sp³-hybridized carbons (Fsp3) is 1.00. The lowest BCUT2D eigenvalue weighted by molar-refractivity contribution is 0.136. The minimum atomic E-state index is 0.385. The number of methoxy groups -OCH3 is 1. The molecule has 0 aliphatic heterocycles. The fourth-order valence-corrected chi connectivity index (χ4v) is 2.88. The van der Waals surface area contributed by atoms with Gasteiger partial charge in [0.1, 0.15) is 0 Å². The lowest BCUT2D eigenvalue weighted by Crippen LogP contribution is -2.31. The summed E-state index contributed by atoms with van der Waals surface area (Å²) in [6.45, 7) is 11.0. The molecule has 3 nitrogen and oxygen atoms in total. The van der Waals surface area contributed by atoms with E-state index in [1.165, 1.54) is 32.2 Å². The molecule has 0 bridgehead atoms. The van der Waals surface area contributed by atoms with E-state index in [4.69, 9.17) is 10.5 Å². The molecule has 0 aromatic heterocycles. The molecule has 2 N–H and O–H groups in total. The molecule has 1 atom stereocenters. The smallest absolute Gasteiger partial charge is 0.0589 e. The molecule has 1 rings (SSSR count). The van der Waals surface area contributed by atoms with Gasteiger partial charge in [0.25, 0.3) is 0 Å². The SMILES string of the molecule is COCCN(CCCC(CCN)C(C)(C)C)C1CC1. The normalized spacial score (nSPS) is 18.0. The van der Waals surface area contributed by atoms with Crippen molar-refractivity contribution in [2.45, 2.75) is 58.9 Å². The second-order valence-corrected chi connectivity index (χ2v) is 7.04. The molecular weight excluding hydrogens is 236 g/mol. The summed E-state index contributed by atoms with van der Waals surface area (Å²) in [6.07, 6.45) is 6.52. The fourth-order valence-electron chi connectivity index (χ4n) is 2.88. The average Bonchev–Trinajstić information content (AvgIpc) is 3.15. The first kappa shape index (κ1) is 16.9. The van der Waals surface area contributed by atoms with Crippen molar-refractivity contribution in [1.82, 2.24) is 4.90 Å². The topological polar surface area (TPSA) is 38.5 Å².